The number of urea groups is 1. The van der Waals surface area contributed by atoms with E-state index >= 15 is 0 Å². The fourth-order valence-electron chi connectivity index (χ4n) is 7.25. The lowest BCUT2D eigenvalue weighted by Gasteiger charge is -2.41. The normalized spacial score (nSPS) is 26.7. The highest BCUT2D eigenvalue weighted by Crippen LogP contribution is 2.63. The third-order valence-corrected chi connectivity index (χ3v) is 11.8. The molecule has 2 heterocycles. The molecule has 0 bridgehead atoms. The molecule has 0 radical (unpaired) electrons. The standard InChI is InChI=1S/C31H37F2N5O4S/c32-28-5-4-26(18-29(28)33)35-30(39)38(21-22-7-10-36(11-8-22)43(40,41)37-12-14-42-15-13-37)27-6-9-31(19-25(31)17-27)24-3-1-2-23(16-24)20-34/h1-5,16,18,22,25,27H,6-15,17,19,21H2,(H,35,39)/t25?,27-,31-/m1/s1. The highest BCUT2D eigenvalue weighted by atomic mass is 32.2. The number of fused-ring (bicyclic) bond motifs is 1. The van der Waals surface area contributed by atoms with E-state index in [0.717, 1.165) is 37.8 Å². The minimum Gasteiger partial charge on any atom is -0.379 e. The first-order chi connectivity index (χ1) is 20.7. The number of carbonyl (C=O) groups excluding carboxylic acids is 1. The van der Waals surface area contributed by atoms with E-state index in [4.69, 9.17) is 4.74 Å². The van der Waals surface area contributed by atoms with Crippen molar-refractivity contribution < 1.29 is 26.7 Å². The van der Waals surface area contributed by atoms with Crippen molar-refractivity contribution in [1.29, 1.82) is 5.26 Å². The zero-order chi connectivity index (χ0) is 30.2. The number of nitrogens with one attached hydrogen (secondary N) is 1. The Bertz CT molecular complexity index is 1500. The van der Waals surface area contributed by atoms with Gasteiger partial charge in [0.25, 0.3) is 10.2 Å². The SMILES string of the molecule is N#Cc1cccc([C@]23CC[C@@H](N(CC4CCN(S(=O)(=O)N5CCOCC5)CC4)C(=O)Nc4ccc(F)c(F)c4)CC2C3)c1. The van der Waals surface area contributed by atoms with E-state index in [1.54, 1.807) is 0 Å². The lowest BCUT2D eigenvalue weighted by Crippen LogP contribution is -2.52. The molecular weight excluding hydrogens is 576 g/mol. The second-order valence-corrected chi connectivity index (χ2v) is 14.2. The first-order valence-electron chi connectivity index (χ1n) is 15.1. The second-order valence-electron chi connectivity index (χ2n) is 12.3. The fraction of sp³-hybridized carbons (Fsp3) is 0.548. The second kappa shape index (κ2) is 12.1. The van der Waals surface area contributed by atoms with Gasteiger partial charge in [0.15, 0.2) is 11.6 Å². The monoisotopic (exact) mass is 613 g/mol. The topological polar surface area (TPSA) is 106 Å². The summed E-state index contributed by atoms with van der Waals surface area (Å²) in [7, 11) is -3.55. The Labute approximate surface area is 251 Å². The number of piperidine rings is 1. The zero-order valence-electron chi connectivity index (χ0n) is 24.1. The molecule has 2 amide bonds. The average molecular weight is 614 g/mol. The van der Waals surface area contributed by atoms with Crippen LogP contribution in [-0.4, -0.2) is 79.9 Å². The van der Waals surface area contributed by atoms with Gasteiger partial charge in [0.1, 0.15) is 0 Å². The van der Waals surface area contributed by atoms with Gasteiger partial charge < -0.3 is 15.0 Å². The van der Waals surface area contributed by atoms with E-state index in [1.807, 2.05) is 23.1 Å². The number of halogens is 2. The Hall–Kier alpha value is -3.11. The van der Waals surface area contributed by atoms with Crippen LogP contribution in [-0.2, 0) is 20.4 Å². The summed E-state index contributed by atoms with van der Waals surface area (Å²) in [4.78, 5) is 15.5. The Balaban J connectivity index is 1.15. The number of nitriles is 1. The van der Waals surface area contributed by atoms with E-state index < -0.39 is 21.8 Å². The number of carbonyl (C=O) groups is 1. The number of morpholine rings is 1. The van der Waals surface area contributed by atoms with Crippen molar-refractivity contribution >= 4 is 21.9 Å². The zero-order valence-corrected chi connectivity index (χ0v) is 24.9. The van der Waals surface area contributed by atoms with Gasteiger partial charge in [-0.1, -0.05) is 12.1 Å². The molecule has 1 N–H and O–H groups in total. The van der Waals surface area contributed by atoms with Gasteiger partial charge in [0.05, 0.1) is 24.8 Å². The Morgan fingerprint density at radius 3 is 2.49 bits per heavy atom. The molecule has 230 valence electrons. The summed E-state index contributed by atoms with van der Waals surface area (Å²) in [6, 6.07) is 13.0. The smallest absolute Gasteiger partial charge is 0.322 e. The third-order valence-electron chi connectivity index (χ3n) is 9.80. The predicted molar refractivity (Wildman–Crippen MR) is 156 cm³/mol. The van der Waals surface area contributed by atoms with Crippen molar-refractivity contribution in [3.8, 4) is 6.07 Å². The molecule has 2 saturated heterocycles. The molecule has 1 unspecified atom stereocenters. The van der Waals surface area contributed by atoms with Crippen LogP contribution in [0.5, 0.6) is 0 Å². The molecule has 9 nitrogen and oxygen atoms in total. The fourth-order valence-corrected chi connectivity index (χ4v) is 8.86. The molecular formula is C31H37F2N5O4S. The van der Waals surface area contributed by atoms with Crippen molar-refractivity contribution in [3.05, 3.63) is 65.2 Å². The van der Waals surface area contributed by atoms with Gasteiger partial charge in [-0.15, -0.1) is 0 Å². The van der Waals surface area contributed by atoms with Gasteiger partial charge in [0.2, 0.25) is 0 Å². The third kappa shape index (κ3) is 6.13. The summed E-state index contributed by atoms with van der Waals surface area (Å²) in [5.41, 5.74) is 2.05. The van der Waals surface area contributed by atoms with E-state index in [1.165, 1.54) is 20.2 Å². The summed E-state index contributed by atoms with van der Waals surface area (Å²) in [5.74, 6) is -1.52. The van der Waals surface area contributed by atoms with Crippen molar-refractivity contribution in [2.45, 2.75) is 50.0 Å². The van der Waals surface area contributed by atoms with E-state index in [9.17, 15) is 27.3 Å². The van der Waals surface area contributed by atoms with Crippen LogP contribution >= 0.6 is 0 Å². The molecule has 2 saturated carbocycles. The van der Waals surface area contributed by atoms with Gasteiger partial charge in [-0.2, -0.15) is 22.3 Å². The van der Waals surface area contributed by atoms with Crippen LogP contribution in [0.3, 0.4) is 0 Å². The highest BCUT2D eigenvalue weighted by molar-refractivity contribution is 7.86. The lowest BCUT2D eigenvalue weighted by atomic mass is 9.79. The number of benzene rings is 2. The number of anilines is 1. The van der Waals surface area contributed by atoms with Crippen LogP contribution in [0.2, 0.25) is 0 Å². The number of hydrogen-bond donors (Lipinski definition) is 1. The average Bonchev–Trinajstić information content (AvgIpc) is 3.77. The maximum absolute atomic E-state index is 13.9. The van der Waals surface area contributed by atoms with Crippen LogP contribution in [0.25, 0.3) is 0 Å². The number of hydrogen-bond acceptors (Lipinski definition) is 5. The van der Waals surface area contributed by atoms with Crippen molar-refractivity contribution in [2.75, 3.05) is 51.3 Å². The van der Waals surface area contributed by atoms with E-state index in [-0.39, 0.29) is 29.1 Å². The first kappa shape index (κ1) is 29.9. The Morgan fingerprint density at radius 1 is 1.05 bits per heavy atom. The van der Waals surface area contributed by atoms with E-state index in [0.29, 0.717) is 70.3 Å². The van der Waals surface area contributed by atoms with Gasteiger partial charge in [-0.25, -0.2) is 13.6 Å². The van der Waals surface area contributed by atoms with Gasteiger partial charge in [0, 0.05) is 50.5 Å². The molecule has 0 aromatic heterocycles. The molecule has 12 heteroatoms. The molecule has 4 fully saturated rings. The molecule has 2 aromatic rings. The van der Waals surface area contributed by atoms with Crippen LogP contribution in [0, 0.1) is 34.8 Å². The summed E-state index contributed by atoms with van der Waals surface area (Å²) in [5, 5.41) is 12.2. The quantitative estimate of drug-likeness (QED) is 0.496. The largest absolute Gasteiger partial charge is 0.379 e. The molecule has 4 aliphatic rings. The van der Waals surface area contributed by atoms with Crippen LogP contribution in [0.1, 0.15) is 49.7 Å². The maximum Gasteiger partial charge on any atom is 0.322 e. The predicted octanol–water partition coefficient (Wildman–Crippen LogP) is 4.47. The highest BCUT2D eigenvalue weighted by Gasteiger charge is 2.58. The number of nitrogens with zero attached hydrogens (tertiary/aromatic N) is 4. The molecule has 43 heavy (non-hydrogen) atoms. The number of rotatable bonds is 7. The van der Waals surface area contributed by atoms with Gasteiger partial charge in [-0.05, 0) is 85.6 Å². The summed E-state index contributed by atoms with van der Waals surface area (Å²) in [6.45, 7) is 2.71. The molecule has 3 atom stereocenters. The summed E-state index contributed by atoms with van der Waals surface area (Å²) >= 11 is 0. The minimum absolute atomic E-state index is 0.0325. The number of ether oxygens (including phenoxy) is 1. The van der Waals surface area contributed by atoms with Crippen LogP contribution in [0.4, 0.5) is 19.3 Å². The molecule has 2 aromatic carbocycles. The molecule has 2 aliphatic carbocycles. The van der Waals surface area contributed by atoms with Gasteiger partial charge in [-0.3, -0.25) is 0 Å². The lowest BCUT2D eigenvalue weighted by molar-refractivity contribution is 0.0688. The molecule has 0 spiro atoms. The Morgan fingerprint density at radius 2 is 1.79 bits per heavy atom. The summed E-state index contributed by atoms with van der Waals surface area (Å²) < 4.78 is 62.1. The van der Waals surface area contributed by atoms with Crippen LogP contribution in [0.15, 0.2) is 42.5 Å². The van der Waals surface area contributed by atoms with E-state index in [2.05, 4.69) is 17.5 Å². The number of amides is 2. The van der Waals surface area contributed by atoms with Crippen molar-refractivity contribution in [2.24, 2.45) is 11.8 Å². The van der Waals surface area contributed by atoms with Crippen molar-refractivity contribution in [3.63, 3.8) is 0 Å². The van der Waals surface area contributed by atoms with Crippen molar-refractivity contribution in [1.82, 2.24) is 13.5 Å². The maximum atomic E-state index is 13.9. The minimum atomic E-state index is -3.55. The first-order valence-corrected chi connectivity index (χ1v) is 16.5. The molecule has 2 aliphatic heterocycles. The molecule has 6 rings (SSSR count). The summed E-state index contributed by atoms with van der Waals surface area (Å²) in [6.07, 6.45) is 4.74. The van der Waals surface area contributed by atoms with Gasteiger partial charge >= 0.3 is 6.03 Å². The van der Waals surface area contributed by atoms with Crippen LogP contribution < -0.4 is 5.32 Å². The Kier molecular flexibility index (Phi) is 8.43.